The average molecular weight is 304 g/mol. The molecule has 2 saturated heterocycles. The number of hydrogen-bond donors (Lipinski definition) is 2. The van der Waals surface area contributed by atoms with E-state index in [1.54, 1.807) is 0 Å². The smallest absolute Gasteiger partial charge is 0.239 e. The average Bonchev–Trinajstić information content (AvgIpc) is 2.98. The van der Waals surface area contributed by atoms with Crippen LogP contribution in [0.1, 0.15) is 39.0 Å². The minimum atomic E-state index is -0.0225. The lowest BCUT2D eigenvalue weighted by Crippen LogP contribution is -2.50. The van der Waals surface area contributed by atoms with Gasteiger partial charge < -0.3 is 15.5 Å². The van der Waals surface area contributed by atoms with E-state index in [4.69, 9.17) is 0 Å². The Morgan fingerprint density at radius 2 is 2.10 bits per heavy atom. The summed E-state index contributed by atoms with van der Waals surface area (Å²) in [5.74, 6) is 0.273. The van der Waals surface area contributed by atoms with E-state index in [0.717, 1.165) is 51.7 Å². The molecule has 2 heterocycles. The predicted octanol–water partition coefficient (Wildman–Crippen LogP) is 0.925. The SMILES string of the molecule is CCCNC(=O)C1CCCN(C(=O)C2CCCN2)C1.Cl. The summed E-state index contributed by atoms with van der Waals surface area (Å²) in [6, 6.07) is -0.0162. The maximum atomic E-state index is 12.3. The molecule has 0 bridgehead atoms. The molecular formula is C14H26ClN3O2. The van der Waals surface area contributed by atoms with Crippen LogP contribution in [0.15, 0.2) is 0 Å². The van der Waals surface area contributed by atoms with E-state index >= 15 is 0 Å². The van der Waals surface area contributed by atoms with Gasteiger partial charge in [0.25, 0.3) is 0 Å². The van der Waals surface area contributed by atoms with E-state index in [0.29, 0.717) is 6.54 Å². The van der Waals surface area contributed by atoms with Crippen molar-refractivity contribution in [2.24, 2.45) is 5.92 Å². The summed E-state index contributed by atoms with van der Waals surface area (Å²) in [5.41, 5.74) is 0. The second-order valence-electron chi connectivity index (χ2n) is 5.56. The third-order valence-corrected chi connectivity index (χ3v) is 4.01. The highest BCUT2D eigenvalue weighted by Crippen LogP contribution is 2.19. The van der Waals surface area contributed by atoms with Crippen molar-refractivity contribution in [3.63, 3.8) is 0 Å². The molecule has 0 aromatic heterocycles. The molecule has 2 unspecified atom stereocenters. The Kier molecular flexibility index (Phi) is 7.30. The molecule has 5 nitrogen and oxygen atoms in total. The summed E-state index contributed by atoms with van der Waals surface area (Å²) in [6.07, 6.45) is 4.79. The molecule has 0 saturated carbocycles. The van der Waals surface area contributed by atoms with Gasteiger partial charge >= 0.3 is 0 Å². The fourth-order valence-electron chi connectivity index (χ4n) is 2.90. The van der Waals surface area contributed by atoms with E-state index < -0.39 is 0 Å². The molecule has 2 amide bonds. The highest BCUT2D eigenvalue weighted by atomic mass is 35.5. The molecular weight excluding hydrogens is 278 g/mol. The number of amides is 2. The molecule has 116 valence electrons. The monoisotopic (exact) mass is 303 g/mol. The summed E-state index contributed by atoms with van der Waals surface area (Å²) in [5, 5.41) is 6.18. The molecule has 0 radical (unpaired) electrons. The Labute approximate surface area is 127 Å². The zero-order chi connectivity index (χ0) is 13.7. The first-order chi connectivity index (χ1) is 9.22. The first kappa shape index (κ1) is 17.2. The van der Waals surface area contributed by atoms with Crippen molar-refractivity contribution in [2.75, 3.05) is 26.2 Å². The molecule has 2 fully saturated rings. The highest BCUT2D eigenvalue weighted by molar-refractivity contribution is 5.85. The lowest BCUT2D eigenvalue weighted by molar-refractivity contribution is -0.137. The van der Waals surface area contributed by atoms with Crippen LogP contribution in [0.2, 0.25) is 0 Å². The van der Waals surface area contributed by atoms with Crippen molar-refractivity contribution in [1.82, 2.24) is 15.5 Å². The number of nitrogens with one attached hydrogen (secondary N) is 2. The molecule has 2 rings (SSSR count). The van der Waals surface area contributed by atoms with Crippen LogP contribution in [0, 0.1) is 5.92 Å². The standard InChI is InChI=1S/C14H25N3O2.ClH/c1-2-7-16-13(18)11-5-4-9-17(10-11)14(19)12-6-3-8-15-12;/h11-12,15H,2-10H2,1H3,(H,16,18);1H. The van der Waals surface area contributed by atoms with Crippen molar-refractivity contribution in [3.8, 4) is 0 Å². The lowest BCUT2D eigenvalue weighted by atomic mass is 9.96. The van der Waals surface area contributed by atoms with Gasteiger partial charge in [-0.15, -0.1) is 12.4 Å². The van der Waals surface area contributed by atoms with Crippen molar-refractivity contribution >= 4 is 24.2 Å². The van der Waals surface area contributed by atoms with Crippen molar-refractivity contribution in [2.45, 2.75) is 45.1 Å². The zero-order valence-electron chi connectivity index (χ0n) is 12.2. The largest absolute Gasteiger partial charge is 0.356 e. The maximum absolute atomic E-state index is 12.3. The van der Waals surface area contributed by atoms with Gasteiger partial charge in [-0.2, -0.15) is 0 Å². The van der Waals surface area contributed by atoms with Crippen LogP contribution >= 0.6 is 12.4 Å². The van der Waals surface area contributed by atoms with Crippen LogP contribution in [0.4, 0.5) is 0 Å². The zero-order valence-corrected chi connectivity index (χ0v) is 13.0. The van der Waals surface area contributed by atoms with Gasteiger partial charge in [-0.25, -0.2) is 0 Å². The molecule has 0 aromatic carbocycles. The minimum absolute atomic E-state index is 0. The van der Waals surface area contributed by atoms with Gasteiger partial charge in [0.05, 0.1) is 12.0 Å². The molecule has 0 aliphatic carbocycles. The first-order valence-corrected chi connectivity index (χ1v) is 7.52. The minimum Gasteiger partial charge on any atom is -0.356 e. The van der Waals surface area contributed by atoms with Gasteiger partial charge in [0.1, 0.15) is 0 Å². The second-order valence-corrected chi connectivity index (χ2v) is 5.56. The van der Waals surface area contributed by atoms with Gasteiger partial charge in [0.2, 0.25) is 11.8 Å². The van der Waals surface area contributed by atoms with E-state index in [1.165, 1.54) is 0 Å². The fraction of sp³-hybridized carbons (Fsp3) is 0.857. The molecule has 6 heteroatoms. The Bertz CT molecular complexity index is 332. The summed E-state index contributed by atoms with van der Waals surface area (Å²) >= 11 is 0. The fourth-order valence-corrected chi connectivity index (χ4v) is 2.90. The van der Waals surface area contributed by atoms with Crippen molar-refractivity contribution in [1.29, 1.82) is 0 Å². The van der Waals surface area contributed by atoms with E-state index in [2.05, 4.69) is 10.6 Å². The molecule has 2 N–H and O–H groups in total. The first-order valence-electron chi connectivity index (χ1n) is 7.52. The van der Waals surface area contributed by atoms with Crippen LogP contribution in [0.5, 0.6) is 0 Å². The molecule has 2 aliphatic rings. The third-order valence-electron chi connectivity index (χ3n) is 4.01. The van der Waals surface area contributed by atoms with E-state index in [9.17, 15) is 9.59 Å². The number of rotatable bonds is 4. The summed E-state index contributed by atoms with van der Waals surface area (Å²) in [7, 11) is 0. The summed E-state index contributed by atoms with van der Waals surface area (Å²) < 4.78 is 0. The van der Waals surface area contributed by atoms with Crippen molar-refractivity contribution in [3.05, 3.63) is 0 Å². The van der Waals surface area contributed by atoms with Gasteiger partial charge in [0, 0.05) is 19.6 Å². The number of carbonyl (C=O) groups excluding carboxylic acids is 2. The molecule has 2 aliphatic heterocycles. The number of likely N-dealkylation sites (tertiary alicyclic amines) is 1. The lowest BCUT2D eigenvalue weighted by Gasteiger charge is -2.33. The van der Waals surface area contributed by atoms with Gasteiger partial charge in [-0.05, 0) is 38.6 Å². The normalized spacial score (nSPS) is 25.9. The van der Waals surface area contributed by atoms with Gasteiger partial charge in [-0.3, -0.25) is 9.59 Å². The Hall–Kier alpha value is -0.810. The van der Waals surface area contributed by atoms with Crippen LogP contribution in [0.25, 0.3) is 0 Å². The summed E-state index contributed by atoms with van der Waals surface area (Å²) in [4.78, 5) is 26.2. The van der Waals surface area contributed by atoms with E-state index in [1.807, 2.05) is 11.8 Å². The van der Waals surface area contributed by atoms with Gasteiger partial charge in [0.15, 0.2) is 0 Å². The topological polar surface area (TPSA) is 61.4 Å². The number of piperidine rings is 1. The molecule has 0 aromatic rings. The number of halogens is 1. The van der Waals surface area contributed by atoms with Gasteiger partial charge in [-0.1, -0.05) is 6.92 Å². The van der Waals surface area contributed by atoms with Crippen LogP contribution in [-0.2, 0) is 9.59 Å². The maximum Gasteiger partial charge on any atom is 0.239 e. The number of hydrogen-bond acceptors (Lipinski definition) is 3. The third kappa shape index (κ3) is 4.35. The Balaban J connectivity index is 0.00000200. The van der Waals surface area contributed by atoms with Crippen LogP contribution in [0.3, 0.4) is 0 Å². The quantitative estimate of drug-likeness (QED) is 0.812. The Morgan fingerprint density at radius 3 is 2.75 bits per heavy atom. The number of carbonyl (C=O) groups is 2. The molecule has 20 heavy (non-hydrogen) atoms. The Morgan fingerprint density at radius 1 is 1.30 bits per heavy atom. The summed E-state index contributed by atoms with van der Waals surface area (Å²) in [6.45, 7) is 5.10. The second kappa shape index (κ2) is 8.47. The van der Waals surface area contributed by atoms with Crippen LogP contribution in [-0.4, -0.2) is 48.9 Å². The predicted molar refractivity (Wildman–Crippen MR) is 80.9 cm³/mol. The molecule has 2 atom stereocenters. The highest BCUT2D eigenvalue weighted by Gasteiger charge is 2.32. The van der Waals surface area contributed by atoms with Crippen LogP contribution < -0.4 is 10.6 Å². The number of nitrogens with zero attached hydrogens (tertiary/aromatic N) is 1. The van der Waals surface area contributed by atoms with E-state index in [-0.39, 0.29) is 36.2 Å². The molecule has 0 spiro atoms. The van der Waals surface area contributed by atoms with Crippen molar-refractivity contribution < 1.29 is 9.59 Å².